The minimum atomic E-state index is -1.70. The Bertz CT molecular complexity index is 518. The fraction of sp³-hybridized carbons (Fsp3) is 0.929. The molecule has 1 radical (unpaired) electrons. The van der Waals surface area contributed by atoms with Gasteiger partial charge in [-0.15, -0.1) is 0 Å². The lowest BCUT2D eigenvalue weighted by Gasteiger charge is -2.47. The van der Waals surface area contributed by atoms with Crippen molar-refractivity contribution >= 4 is 38.5 Å². The zero-order chi connectivity index (χ0) is 21.0. The third-order valence-corrected chi connectivity index (χ3v) is 5.80. The Morgan fingerprint density at radius 2 is 1.61 bits per heavy atom. The van der Waals surface area contributed by atoms with Crippen LogP contribution >= 0.6 is 20.3 Å². The van der Waals surface area contributed by atoms with Crippen LogP contribution in [0.3, 0.4) is 0 Å². The Hall–Kier alpha value is 0.332. The van der Waals surface area contributed by atoms with Crippen LogP contribution in [0.2, 0.25) is 0 Å². The van der Waals surface area contributed by atoms with Crippen LogP contribution in [-0.2, 0) is 22.8 Å². The van der Waals surface area contributed by atoms with Gasteiger partial charge in [-0.05, 0) is 0 Å². The van der Waals surface area contributed by atoms with Crippen molar-refractivity contribution in [2.45, 2.75) is 68.3 Å². The van der Waals surface area contributed by atoms with Crippen LogP contribution in [-0.4, -0.2) is 123 Å². The molecule has 0 aromatic rings. The average Bonchev–Trinajstić information content (AvgIpc) is 2.66. The molecule has 0 spiro atoms. The highest BCUT2D eigenvalue weighted by molar-refractivity contribution is 14.1. The van der Waals surface area contributed by atoms with Gasteiger partial charge in [0.05, 0.1) is 13.2 Å². The SMILES string of the molecule is CC(=O)NC1[C@@H]([O][Al][I])OC(CO)[C@H](O[C@H]2OC(CO)[C@@H](O)[C@H](O)C2O)[C@@H]1O. The van der Waals surface area contributed by atoms with E-state index in [0.717, 1.165) is 0 Å². The maximum Gasteiger partial charge on any atom is 0.526 e. The molecule has 0 bridgehead atoms. The van der Waals surface area contributed by atoms with Gasteiger partial charge in [0.2, 0.25) is 5.91 Å². The van der Waals surface area contributed by atoms with Gasteiger partial charge in [0.1, 0.15) is 48.8 Å². The molecule has 2 saturated heterocycles. The Labute approximate surface area is 178 Å². The highest BCUT2D eigenvalue weighted by Gasteiger charge is 2.51. The first kappa shape index (κ1) is 24.6. The van der Waals surface area contributed by atoms with Gasteiger partial charge < -0.3 is 54.0 Å². The summed E-state index contributed by atoms with van der Waals surface area (Å²) < 4.78 is 21.9. The van der Waals surface area contributed by atoms with Gasteiger partial charge in [-0.2, -0.15) is 20.3 Å². The second kappa shape index (κ2) is 11.1. The van der Waals surface area contributed by atoms with Crippen LogP contribution in [0, 0.1) is 0 Å². The summed E-state index contributed by atoms with van der Waals surface area (Å²) in [6.45, 7) is 0.00941. The molecule has 4 unspecified atom stereocenters. The number of amides is 1. The zero-order valence-electron chi connectivity index (χ0n) is 14.9. The molecule has 10 atom stereocenters. The summed E-state index contributed by atoms with van der Waals surface area (Å²) in [5, 5.41) is 62.0. The van der Waals surface area contributed by atoms with Gasteiger partial charge >= 0.3 is 12.3 Å². The molecule has 2 rings (SSSR count). The first-order valence-corrected chi connectivity index (χ1v) is 13.1. The highest BCUT2D eigenvalue weighted by Crippen LogP contribution is 2.29. The molecule has 0 aromatic carbocycles. The standard InChI is InChI=1S/C14H24NO11.Al.HI/c1-4(18)15-7-9(20)12(6(3-17)24-13(7)23)26-14-11(22)10(21)8(19)5(2-16)25-14;;/h5-14,16-17,19-22H,2-3H2,1H3,(H,15,18);;1H/q-1;+2;/p-1/t5?,6?,7?,8-,9-,10+,11?,12+,13+,14-;;/m1../s1. The Kier molecular flexibility index (Phi) is 9.75. The van der Waals surface area contributed by atoms with E-state index in [1.54, 1.807) is 0 Å². The number of nitrogens with one attached hydrogen (secondary N) is 1. The van der Waals surface area contributed by atoms with Gasteiger partial charge in [-0.25, -0.2) is 0 Å². The number of aliphatic hydroxyl groups excluding tert-OH is 6. The number of hydrogen-bond donors (Lipinski definition) is 7. The van der Waals surface area contributed by atoms with E-state index in [0.29, 0.717) is 0 Å². The molecule has 12 nitrogen and oxygen atoms in total. The molecule has 2 fully saturated rings. The Morgan fingerprint density at radius 1 is 1.00 bits per heavy atom. The number of carbonyl (C=O) groups excluding carboxylic acids is 1. The first-order valence-electron chi connectivity index (χ1n) is 8.50. The third-order valence-electron chi connectivity index (χ3n) is 4.55. The van der Waals surface area contributed by atoms with E-state index in [2.05, 4.69) is 5.32 Å². The van der Waals surface area contributed by atoms with Crippen molar-refractivity contribution in [3.05, 3.63) is 0 Å². The molecule has 7 N–H and O–H groups in total. The normalized spacial score (nSPS) is 44.1. The molecular formula is C14H24AlINO11. The lowest BCUT2D eigenvalue weighted by Crippen LogP contribution is -2.67. The molecule has 2 heterocycles. The summed E-state index contributed by atoms with van der Waals surface area (Å²) in [7, 11) is 0. The quantitative estimate of drug-likeness (QED) is 0.123. The zero-order valence-corrected chi connectivity index (χ0v) is 18.2. The number of aliphatic hydroxyl groups is 6. The molecule has 2 aliphatic heterocycles. The summed E-state index contributed by atoms with van der Waals surface area (Å²) in [4.78, 5) is 11.5. The van der Waals surface area contributed by atoms with Crippen molar-refractivity contribution in [1.82, 2.24) is 5.32 Å². The predicted molar refractivity (Wildman–Crippen MR) is 98.9 cm³/mol. The summed E-state index contributed by atoms with van der Waals surface area (Å²) in [5.41, 5.74) is 0. The molecule has 1 amide bonds. The van der Waals surface area contributed by atoms with Crippen molar-refractivity contribution in [2.24, 2.45) is 0 Å². The van der Waals surface area contributed by atoms with Crippen LogP contribution in [0.15, 0.2) is 0 Å². The Morgan fingerprint density at radius 3 is 2.14 bits per heavy atom. The van der Waals surface area contributed by atoms with E-state index in [1.807, 2.05) is 20.3 Å². The largest absolute Gasteiger partial charge is 0.526 e. The summed E-state index contributed by atoms with van der Waals surface area (Å²) in [6.07, 6.45) is -12.5. The smallest absolute Gasteiger partial charge is 0.474 e. The highest BCUT2D eigenvalue weighted by atomic mass is 127. The summed E-state index contributed by atoms with van der Waals surface area (Å²) in [5.74, 6) is -0.459. The summed E-state index contributed by atoms with van der Waals surface area (Å²) in [6, 6.07) is -1.03. The number of hydrogen-bond acceptors (Lipinski definition) is 11. The maximum absolute atomic E-state index is 11.5. The van der Waals surface area contributed by atoms with E-state index in [9.17, 15) is 35.4 Å². The van der Waals surface area contributed by atoms with Gasteiger partial charge in [-0.3, -0.25) is 4.79 Å². The summed E-state index contributed by atoms with van der Waals surface area (Å²) >= 11 is 1.45. The number of halogens is 1. The van der Waals surface area contributed by atoms with Crippen LogP contribution in [0.5, 0.6) is 0 Å². The number of rotatable bonds is 7. The Balaban J connectivity index is 2.20. The fourth-order valence-electron chi connectivity index (χ4n) is 3.12. The molecular weight excluding hydrogens is 512 g/mol. The molecule has 161 valence electrons. The second-order valence-corrected chi connectivity index (χ2v) is 8.44. The van der Waals surface area contributed by atoms with Crippen LogP contribution < -0.4 is 5.32 Å². The van der Waals surface area contributed by atoms with Gasteiger partial charge in [0.25, 0.3) is 0 Å². The molecule has 0 saturated carbocycles. The lowest BCUT2D eigenvalue weighted by atomic mass is 9.95. The van der Waals surface area contributed by atoms with E-state index in [-0.39, 0.29) is 0 Å². The third kappa shape index (κ3) is 5.52. The monoisotopic (exact) mass is 536 g/mol. The van der Waals surface area contributed by atoms with E-state index < -0.39 is 92.7 Å². The van der Waals surface area contributed by atoms with Crippen molar-refractivity contribution in [1.29, 1.82) is 0 Å². The molecule has 28 heavy (non-hydrogen) atoms. The molecule has 0 aromatic heterocycles. The molecule has 2 aliphatic rings. The predicted octanol–water partition coefficient (Wildman–Crippen LogP) is -4.26. The number of ether oxygens (including phenoxy) is 3. The molecule has 14 heteroatoms. The second-order valence-electron chi connectivity index (χ2n) is 6.47. The first-order chi connectivity index (χ1) is 13.2. The lowest BCUT2D eigenvalue weighted by molar-refractivity contribution is -0.343. The minimum absolute atomic E-state index is 0.459. The van der Waals surface area contributed by atoms with Crippen LogP contribution in [0.25, 0.3) is 0 Å². The van der Waals surface area contributed by atoms with Gasteiger partial charge in [0, 0.05) is 6.92 Å². The van der Waals surface area contributed by atoms with Gasteiger partial charge in [0.15, 0.2) is 12.6 Å². The average molecular weight is 536 g/mol. The topological polar surface area (TPSA) is 187 Å². The van der Waals surface area contributed by atoms with Crippen molar-refractivity contribution in [3.63, 3.8) is 0 Å². The van der Waals surface area contributed by atoms with Crippen LogP contribution in [0.1, 0.15) is 6.92 Å². The van der Waals surface area contributed by atoms with Crippen LogP contribution in [0.4, 0.5) is 0 Å². The van der Waals surface area contributed by atoms with Gasteiger partial charge in [-0.1, -0.05) is 0 Å². The van der Waals surface area contributed by atoms with Crippen molar-refractivity contribution in [2.75, 3.05) is 13.2 Å². The van der Waals surface area contributed by atoms with E-state index >= 15 is 0 Å². The van der Waals surface area contributed by atoms with Crippen molar-refractivity contribution < 1.29 is 53.4 Å². The van der Waals surface area contributed by atoms with Crippen molar-refractivity contribution in [3.8, 4) is 0 Å². The van der Waals surface area contributed by atoms with E-state index in [4.69, 9.17) is 18.0 Å². The maximum atomic E-state index is 11.5. The number of carbonyl (C=O) groups is 1. The minimum Gasteiger partial charge on any atom is -0.474 e. The fourth-order valence-corrected chi connectivity index (χ4v) is 4.33. The molecule has 0 aliphatic carbocycles. The van der Waals surface area contributed by atoms with E-state index in [1.165, 1.54) is 6.92 Å².